The van der Waals surface area contributed by atoms with Gasteiger partial charge in [0.1, 0.15) is 0 Å². The number of anilines is 2. The SMILES string of the molecule is CC(C)CN1CCN(c2ccc(NCCCCCO)cc2)CC1. The van der Waals surface area contributed by atoms with Crippen LogP contribution in [0.2, 0.25) is 0 Å². The number of nitrogens with zero attached hydrogens (tertiary/aromatic N) is 2. The second kappa shape index (κ2) is 9.78. The Morgan fingerprint density at radius 2 is 1.70 bits per heavy atom. The Morgan fingerprint density at radius 3 is 2.30 bits per heavy atom. The Labute approximate surface area is 141 Å². The second-order valence-electron chi connectivity index (χ2n) is 6.94. The van der Waals surface area contributed by atoms with Gasteiger partial charge in [0.15, 0.2) is 0 Å². The largest absolute Gasteiger partial charge is 0.396 e. The quantitative estimate of drug-likeness (QED) is 0.686. The van der Waals surface area contributed by atoms with Crippen molar-refractivity contribution in [2.75, 3.05) is 56.1 Å². The van der Waals surface area contributed by atoms with Crippen LogP contribution in [0.4, 0.5) is 11.4 Å². The van der Waals surface area contributed by atoms with Crippen molar-refractivity contribution in [3.8, 4) is 0 Å². The minimum absolute atomic E-state index is 0.305. The Kier molecular flexibility index (Phi) is 7.69. The van der Waals surface area contributed by atoms with Crippen LogP contribution in [0.1, 0.15) is 33.1 Å². The van der Waals surface area contributed by atoms with Crippen LogP contribution in [0.3, 0.4) is 0 Å². The van der Waals surface area contributed by atoms with Crippen LogP contribution in [0.25, 0.3) is 0 Å². The highest BCUT2D eigenvalue weighted by Crippen LogP contribution is 2.20. The molecule has 0 saturated carbocycles. The monoisotopic (exact) mass is 319 g/mol. The van der Waals surface area contributed by atoms with Gasteiger partial charge < -0.3 is 15.3 Å². The summed E-state index contributed by atoms with van der Waals surface area (Å²) in [6.07, 6.45) is 3.10. The molecule has 1 fully saturated rings. The Morgan fingerprint density at radius 1 is 1.00 bits per heavy atom. The molecule has 1 aliphatic rings. The first-order valence-corrected chi connectivity index (χ1v) is 9.11. The number of nitrogens with one attached hydrogen (secondary N) is 1. The minimum atomic E-state index is 0.305. The summed E-state index contributed by atoms with van der Waals surface area (Å²) in [6.45, 7) is 11.7. The second-order valence-corrected chi connectivity index (χ2v) is 6.94. The topological polar surface area (TPSA) is 38.7 Å². The van der Waals surface area contributed by atoms with Crippen LogP contribution in [0, 0.1) is 5.92 Å². The van der Waals surface area contributed by atoms with Gasteiger partial charge in [0.25, 0.3) is 0 Å². The van der Waals surface area contributed by atoms with Crippen LogP contribution in [-0.2, 0) is 0 Å². The molecule has 0 bridgehead atoms. The molecule has 0 atom stereocenters. The van der Waals surface area contributed by atoms with E-state index >= 15 is 0 Å². The summed E-state index contributed by atoms with van der Waals surface area (Å²) in [4.78, 5) is 5.06. The van der Waals surface area contributed by atoms with E-state index in [2.05, 4.69) is 53.2 Å². The molecule has 0 spiro atoms. The van der Waals surface area contributed by atoms with E-state index in [9.17, 15) is 0 Å². The van der Waals surface area contributed by atoms with E-state index in [1.807, 2.05) is 0 Å². The normalized spacial score (nSPS) is 16.1. The summed E-state index contributed by atoms with van der Waals surface area (Å²) in [5, 5.41) is 12.2. The van der Waals surface area contributed by atoms with Crippen molar-refractivity contribution in [3.63, 3.8) is 0 Å². The van der Waals surface area contributed by atoms with Gasteiger partial charge >= 0.3 is 0 Å². The fourth-order valence-corrected chi connectivity index (χ4v) is 3.14. The highest BCUT2D eigenvalue weighted by atomic mass is 16.2. The van der Waals surface area contributed by atoms with E-state index in [0.29, 0.717) is 6.61 Å². The smallest absolute Gasteiger partial charge is 0.0431 e. The Balaban J connectivity index is 1.72. The number of rotatable bonds is 9. The van der Waals surface area contributed by atoms with Crippen LogP contribution < -0.4 is 10.2 Å². The average molecular weight is 319 g/mol. The lowest BCUT2D eigenvalue weighted by Crippen LogP contribution is -2.47. The van der Waals surface area contributed by atoms with Gasteiger partial charge in [0, 0.05) is 57.3 Å². The van der Waals surface area contributed by atoms with Crippen LogP contribution in [0.5, 0.6) is 0 Å². The summed E-state index contributed by atoms with van der Waals surface area (Å²) in [7, 11) is 0. The average Bonchev–Trinajstić information content (AvgIpc) is 2.55. The number of benzene rings is 1. The summed E-state index contributed by atoms with van der Waals surface area (Å²) in [6, 6.07) is 8.83. The van der Waals surface area contributed by atoms with Crippen molar-refractivity contribution in [2.45, 2.75) is 33.1 Å². The fourth-order valence-electron chi connectivity index (χ4n) is 3.14. The molecule has 0 radical (unpaired) electrons. The van der Waals surface area contributed by atoms with Gasteiger partial charge in [-0.25, -0.2) is 0 Å². The maximum absolute atomic E-state index is 8.77. The number of hydrogen-bond acceptors (Lipinski definition) is 4. The molecular weight excluding hydrogens is 286 g/mol. The fraction of sp³-hybridized carbons (Fsp3) is 0.684. The molecule has 2 rings (SSSR count). The van der Waals surface area contributed by atoms with Crippen molar-refractivity contribution >= 4 is 11.4 Å². The van der Waals surface area contributed by atoms with Crippen molar-refractivity contribution < 1.29 is 5.11 Å². The van der Waals surface area contributed by atoms with Gasteiger partial charge in [-0.1, -0.05) is 13.8 Å². The predicted octanol–water partition coefficient (Wildman–Crippen LogP) is 3.04. The maximum Gasteiger partial charge on any atom is 0.0431 e. The summed E-state index contributed by atoms with van der Waals surface area (Å²) in [5.41, 5.74) is 2.52. The van der Waals surface area contributed by atoms with Crippen molar-refractivity contribution in [1.82, 2.24) is 4.90 Å². The van der Waals surface area contributed by atoms with Gasteiger partial charge in [0.2, 0.25) is 0 Å². The lowest BCUT2D eigenvalue weighted by molar-refractivity contribution is 0.231. The highest BCUT2D eigenvalue weighted by molar-refractivity contribution is 5.55. The first kappa shape index (κ1) is 18.1. The predicted molar refractivity (Wildman–Crippen MR) is 99.4 cm³/mol. The zero-order valence-corrected chi connectivity index (χ0v) is 14.8. The Hall–Kier alpha value is -1.26. The summed E-state index contributed by atoms with van der Waals surface area (Å²) in [5.74, 6) is 0.754. The molecule has 1 heterocycles. The highest BCUT2D eigenvalue weighted by Gasteiger charge is 2.17. The first-order chi connectivity index (χ1) is 11.2. The molecule has 1 aromatic carbocycles. The zero-order valence-electron chi connectivity index (χ0n) is 14.8. The number of aliphatic hydroxyl groups is 1. The van der Waals surface area contributed by atoms with Crippen molar-refractivity contribution in [1.29, 1.82) is 0 Å². The molecule has 0 aliphatic carbocycles. The molecule has 4 nitrogen and oxygen atoms in total. The van der Waals surface area contributed by atoms with E-state index in [4.69, 9.17) is 5.11 Å². The molecule has 0 amide bonds. The molecule has 4 heteroatoms. The van der Waals surface area contributed by atoms with E-state index in [0.717, 1.165) is 44.8 Å². The molecule has 0 unspecified atom stereocenters. The number of hydrogen-bond donors (Lipinski definition) is 2. The van der Waals surface area contributed by atoms with Crippen molar-refractivity contribution in [3.05, 3.63) is 24.3 Å². The Bertz CT molecular complexity index is 425. The van der Waals surface area contributed by atoms with Gasteiger partial charge in [-0.15, -0.1) is 0 Å². The number of aliphatic hydroxyl groups excluding tert-OH is 1. The van der Waals surface area contributed by atoms with Crippen LogP contribution in [0.15, 0.2) is 24.3 Å². The standard InChI is InChI=1S/C19H33N3O/c1-17(2)16-21-11-13-22(14-12-21)19-8-6-18(7-9-19)20-10-4-3-5-15-23/h6-9,17,20,23H,3-5,10-16H2,1-2H3. The van der Waals surface area contributed by atoms with E-state index in [1.165, 1.54) is 31.0 Å². The third-order valence-corrected chi connectivity index (χ3v) is 4.39. The van der Waals surface area contributed by atoms with E-state index in [-0.39, 0.29) is 0 Å². The van der Waals surface area contributed by atoms with E-state index in [1.54, 1.807) is 0 Å². The van der Waals surface area contributed by atoms with Gasteiger partial charge in [-0.3, -0.25) is 4.90 Å². The number of piperazine rings is 1. The maximum atomic E-state index is 8.77. The third kappa shape index (κ3) is 6.40. The molecule has 1 saturated heterocycles. The zero-order chi connectivity index (χ0) is 16.5. The lowest BCUT2D eigenvalue weighted by atomic mass is 10.1. The first-order valence-electron chi connectivity index (χ1n) is 9.11. The lowest BCUT2D eigenvalue weighted by Gasteiger charge is -2.36. The number of unbranched alkanes of at least 4 members (excludes halogenated alkanes) is 2. The molecule has 1 aliphatic heterocycles. The van der Waals surface area contributed by atoms with E-state index < -0.39 is 0 Å². The minimum Gasteiger partial charge on any atom is -0.396 e. The summed E-state index contributed by atoms with van der Waals surface area (Å²) >= 11 is 0. The molecule has 0 aromatic heterocycles. The molecule has 130 valence electrons. The van der Waals surface area contributed by atoms with Crippen LogP contribution >= 0.6 is 0 Å². The van der Waals surface area contributed by atoms with Crippen LogP contribution in [-0.4, -0.2) is 55.9 Å². The molecular formula is C19H33N3O. The third-order valence-electron chi connectivity index (χ3n) is 4.39. The molecule has 1 aromatic rings. The van der Waals surface area contributed by atoms with Crippen molar-refractivity contribution in [2.24, 2.45) is 5.92 Å². The van der Waals surface area contributed by atoms with Gasteiger partial charge in [-0.05, 0) is 49.4 Å². The molecule has 2 N–H and O–H groups in total. The summed E-state index contributed by atoms with van der Waals surface area (Å²) < 4.78 is 0. The molecule has 23 heavy (non-hydrogen) atoms. The van der Waals surface area contributed by atoms with Gasteiger partial charge in [0.05, 0.1) is 0 Å². The van der Waals surface area contributed by atoms with Gasteiger partial charge in [-0.2, -0.15) is 0 Å².